The van der Waals surface area contributed by atoms with Gasteiger partial charge in [0.05, 0.1) is 0 Å². The molecule has 0 aromatic rings. The summed E-state index contributed by atoms with van der Waals surface area (Å²) in [5.41, 5.74) is 2.37. The largest absolute Gasteiger partial charge is 0.246 e. The molecular formula is C6H8ClN. The van der Waals surface area contributed by atoms with Crippen LogP contribution in [0.3, 0.4) is 0 Å². The Bertz CT molecular complexity index is 167. The van der Waals surface area contributed by atoms with Crippen molar-refractivity contribution in [2.45, 2.75) is 20.3 Å². The fourth-order valence-corrected chi connectivity index (χ4v) is 0.991. The molecule has 0 aromatic heterocycles. The van der Waals surface area contributed by atoms with Crippen LogP contribution in [0.1, 0.15) is 20.3 Å². The Morgan fingerprint density at radius 2 is 2.12 bits per heavy atom. The van der Waals surface area contributed by atoms with E-state index in [9.17, 15) is 0 Å². The van der Waals surface area contributed by atoms with E-state index in [1.165, 1.54) is 5.57 Å². The minimum atomic E-state index is 0.722. The minimum absolute atomic E-state index is 0.722. The SMILES string of the molecule is CC1=C(C)N=C(Cl)C1. The van der Waals surface area contributed by atoms with Gasteiger partial charge < -0.3 is 0 Å². The van der Waals surface area contributed by atoms with Crippen LogP contribution in [0.2, 0.25) is 0 Å². The molecule has 2 heteroatoms. The van der Waals surface area contributed by atoms with Crippen molar-refractivity contribution < 1.29 is 0 Å². The van der Waals surface area contributed by atoms with Gasteiger partial charge in [-0.25, -0.2) is 4.99 Å². The Morgan fingerprint density at radius 1 is 1.50 bits per heavy atom. The van der Waals surface area contributed by atoms with Crippen molar-refractivity contribution in [1.82, 2.24) is 0 Å². The third kappa shape index (κ3) is 0.920. The molecule has 0 unspecified atom stereocenters. The molecule has 1 nitrogen and oxygen atoms in total. The highest BCUT2D eigenvalue weighted by Crippen LogP contribution is 2.19. The van der Waals surface area contributed by atoms with Crippen LogP contribution < -0.4 is 0 Å². The van der Waals surface area contributed by atoms with Crippen molar-refractivity contribution >= 4 is 16.8 Å². The average Bonchev–Trinajstić information content (AvgIpc) is 1.85. The molecule has 0 saturated heterocycles. The third-order valence-electron chi connectivity index (χ3n) is 1.32. The zero-order chi connectivity index (χ0) is 6.15. The van der Waals surface area contributed by atoms with Crippen LogP contribution in [0, 0.1) is 0 Å². The lowest BCUT2D eigenvalue weighted by molar-refractivity contribution is 1.22. The fraction of sp³-hybridized carbons (Fsp3) is 0.500. The number of allylic oxidation sites excluding steroid dienone is 2. The van der Waals surface area contributed by atoms with Crippen LogP contribution >= 0.6 is 11.6 Å². The predicted molar refractivity (Wildman–Crippen MR) is 36.3 cm³/mol. The maximum atomic E-state index is 5.61. The van der Waals surface area contributed by atoms with Gasteiger partial charge in [0.15, 0.2) is 0 Å². The molecule has 0 aliphatic carbocycles. The molecule has 0 bridgehead atoms. The van der Waals surface area contributed by atoms with Crippen LogP contribution in [0.4, 0.5) is 0 Å². The van der Waals surface area contributed by atoms with Gasteiger partial charge in [0, 0.05) is 12.1 Å². The van der Waals surface area contributed by atoms with Crippen LogP contribution in [-0.4, -0.2) is 5.17 Å². The van der Waals surface area contributed by atoms with Gasteiger partial charge in [-0.2, -0.15) is 0 Å². The van der Waals surface area contributed by atoms with Crippen LogP contribution in [-0.2, 0) is 0 Å². The molecule has 0 fully saturated rings. The molecule has 0 atom stereocenters. The number of nitrogens with zero attached hydrogens (tertiary/aromatic N) is 1. The highest BCUT2D eigenvalue weighted by atomic mass is 35.5. The summed E-state index contributed by atoms with van der Waals surface area (Å²) in [4.78, 5) is 4.03. The summed E-state index contributed by atoms with van der Waals surface area (Å²) >= 11 is 5.61. The Labute approximate surface area is 54.1 Å². The quantitative estimate of drug-likeness (QED) is 0.476. The van der Waals surface area contributed by atoms with Crippen LogP contribution in [0.5, 0.6) is 0 Å². The normalized spacial score (nSPS) is 19.6. The average molecular weight is 130 g/mol. The fourth-order valence-electron chi connectivity index (χ4n) is 0.664. The van der Waals surface area contributed by atoms with Gasteiger partial charge in [-0.15, -0.1) is 0 Å². The monoisotopic (exact) mass is 129 g/mol. The van der Waals surface area contributed by atoms with Crippen LogP contribution in [0.25, 0.3) is 0 Å². The first kappa shape index (κ1) is 5.83. The molecule has 8 heavy (non-hydrogen) atoms. The first-order valence-electron chi connectivity index (χ1n) is 2.59. The minimum Gasteiger partial charge on any atom is -0.246 e. The van der Waals surface area contributed by atoms with Crippen LogP contribution in [0.15, 0.2) is 16.3 Å². The number of hydrogen-bond acceptors (Lipinski definition) is 1. The molecule has 0 N–H and O–H groups in total. The number of hydrogen-bond donors (Lipinski definition) is 0. The van der Waals surface area contributed by atoms with E-state index in [2.05, 4.69) is 4.99 Å². The maximum Gasteiger partial charge on any atom is 0.110 e. The first-order chi connectivity index (χ1) is 3.70. The lowest BCUT2D eigenvalue weighted by Gasteiger charge is -1.85. The highest BCUT2D eigenvalue weighted by molar-refractivity contribution is 6.66. The second-order valence-electron chi connectivity index (χ2n) is 2.03. The van der Waals surface area contributed by atoms with E-state index in [4.69, 9.17) is 11.6 Å². The Morgan fingerprint density at radius 3 is 2.25 bits per heavy atom. The standard InChI is InChI=1S/C6H8ClN/c1-4-3-6(7)8-5(4)2/h3H2,1-2H3. The van der Waals surface area contributed by atoms with Gasteiger partial charge in [-0.05, 0) is 19.4 Å². The van der Waals surface area contributed by atoms with Crippen molar-refractivity contribution in [1.29, 1.82) is 0 Å². The molecule has 1 aliphatic rings. The first-order valence-corrected chi connectivity index (χ1v) is 2.97. The molecule has 1 heterocycles. The van der Waals surface area contributed by atoms with E-state index in [1.807, 2.05) is 13.8 Å². The number of aliphatic imine (C=N–C) groups is 1. The molecule has 44 valence electrons. The van der Waals surface area contributed by atoms with Gasteiger partial charge >= 0.3 is 0 Å². The second kappa shape index (κ2) is 1.90. The smallest absolute Gasteiger partial charge is 0.110 e. The summed E-state index contributed by atoms with van der Waals surface area (Å²) in [5.74, 6) is 0. The predicted octanol–water partition coefficient (Wildman–Crippen LogP) is 2.32. The highest BCUT2D eigenvalue weighted by Gasteiger charge is 2.06. The van der Waals surface area contributed by atoms with E-state index < -0.39 is 0 Å². The van der Waals surface area contributed by atoms with Crippen molar-refractivity contribution in [3.8, 4) is 0 Å². The van der Waals surface area contributed by atoms with Gasteiger partial charge in [0.25, 0.3) is 0 Å². The molecule has 0 radical (unpaired) electrons. The summed E-state index contributed by atoms with van der Waals surface area (Å²) in [5, 5.41) is 0.722. The third-order valence-corrected chi connectivity index (χ3v) is 1.54. The zero-order valence-electron chi connectivity index (χ0n) is 5.03. The van der Waals surface area contributed by atoms with E-state index >= 15 is 0 Å². The Balaban J connectivity index is 2.79. The number of rotatable bonds is 0. The van der Waals surface area contributed by atoms with E-state index in [0.29, 0.717) is 0 Å². The Hall–Kier alpha value is -0.300. The summed E-state index contributed by atoms with van der Waals surface area (Å²) in [6, 6.07) is 0. The zero-order valence-corrected chi connectivity index (χ0v) is 5.79. The number of halogens is 1. The Kier molecular flexibility index (Phi) is 1.39. The lowest BCUT2D eigenvalue weighted by atomic mass is 10.2. The van der Waals surface area contributed by atoms with Crippen molar-refractivity contribution in [3.63, 3.8) is 0 Å². The van der Waals surface area contributed by atoms with Crippen molar-refractivity contribution in [2.24, 2.45) is 4.99 Å². The molecule has 1 rings (SSSR count). The lowest BCUT2D eigenvalue weighted by Crippen LogP contribution is -1.77. The summed E-state index contributed by atoms with van der Waals surface area (Å²) in [6.45, 7) is 4.03. The van der Waals surface area contributed by atoms with E-state index in [0.717, 1.165) is 17.3 Å². The van der Waals surface area contributed by atoms with E-state index in [1.54, 1.807) is 0 Å². The molecule has 1 aliphatic heterocycles. The second-order valence-corrected chi connectivity index (χ2v) is 2.47. The molecule has 0 amide bonds. The van der Waals surface area contributed by atoms with Gasteiger partial charge in [0.2, 0.25) is 0 Å². The molecular weight excluding hydrogens is 122 g/mol. The summed E-state index contributed by atoms with van der Waals surface area (Å²) < 4.78 is 0. The molecule has 0 saturated carbocycles. The summed E-state index contributed by atoms with van der Waals surface area (Å²) in [7, 11) is 0. The van der Waals surface area contributed by atoms with Crippen molar-refractivity contribution in [2.75, 3.05) is 0 Å². The van der Waals surface area contributed by atoms with Gasteiger partial charge in [-0.1, -0.05) is 11.6 Å². The van der Waals surface area contributed by atoms with Gasteiger partial charge in [-0.3, -0.25) is 0 Å². The van der Waals surface area contributed by atoms with Crippen molar-refractivity contribution in [3.05, 3.63) is 11.3 Å². The molecule has 0 spiro atoms. The topological polar surface area (TPSA) is 12.4 Å². The molecule has 0 aromatic carbocycles. The maximum absolute atomic E-state index is 5.61. The van der Waals surface area contributed by atoms with Gasteiger partial charge in [0.1, 0.15) is 5.17 Å². The van der Waals surface area contributed by atoms with E-state index in [-0.39, 0.29) is 0 Å². The summed E-state index contributed by atoms with van der Waals surface area (Å²) in [6.07, 6.45) is 0.855.